The third-order valence-electron chi connectivity index (χ3n) is 11.6. The van der Waals surface area contributed by atoms with Gasteiger partial charge >= 0.3 is 5.97 Å². The van der Waals surface area contributed by atoms with Crippen LogP contribution in [0.25, 0.3) is 0 Å². The molecule has 9 atom stereocenters. The number of carbonyl (C=O) groups is 1. The van der Waals surface area contributed by atoms with Crippen LogP contribution in [-0.2, 0) is 9.53 Å². The van der Waals surface area contributed by atoms with E-state index in [4.69, 9.17) is 4.74 Å². The van der Waals surface area contributed by atoms with Gasteiger partial charge in [-0.3, -0.25) is 4.79 Å². The van der Waals surface area contributed by atoms with Crippen molar-refractivity contribution in [3.63, 3.8) is 0 Å². The highest BCUT2D eigenvalue weighted by Crippen LogP contribution is 2.67. The highest BCUT2D eigenvalue weighted by Gasteiger charge is 2.59. The summed E-state index contributed by atoms with van der Waals surface area (Å²) in [5.74, 6) is 5.20. The molecule has 0 saturated heterocycles. The van der Waals surface area contributed by atoms with Crippen LogP contribution in [0.15, 0.2) is 11.6 Å². The third kappa shape index (κ3) is 5.67. The molecule has 0 N–H and O–H groups in total. The van der Waals surface area contributed by atoms with Gasteiger partial charge in [-0.15, -0.1) is 0 Å². The Hall–Kier alpha value is -0.310. The molecule has 0 radical (unpaired) electrons. The lowest BCUT2D eigenvalue weighted by molar-refractivity contribution is -0.150. The maximum Gasteiger partial charge on any atom is 0.320 e. The summed E-state index contributed by atoms with van der Waals surface area (Å²) in [6.45, 7) is 14.8. The number of hydrogen-bond acceptors (Lipinski definition) is 2. The van der Waals surface area contributed by atoms with Crippen LogP contribution in [0.5, 0.6) is 0 Å². The van der Waals surface area contributed by atoms with Crippen LogP contribution < -0.4 is 0 Å². The Labute approximate surface area is 231 Å². The van der Waals surface area contributed by atoms with Gasteiger partial charge in [0.25, 0.3) is 0 Å². The van der Waals surface area contributed by atoms with E-state index in [9.17, 15) is 4.79 Å². The summed E-state index contributed by atoms with van der Waals surface area (Å²) in [6, 6.07) is 0. The van der Waals surface area contributed by atoms with Gasteiger partial charge in [0.1, 0.15) is 10.9 Å². The summed E-state index contributed by atoms with van der Waals surface area (Å²) >= 11 is 3.57. The second-order valence-corrected chi connectivity index (χ2v) is 15.3. The molecular formula is C33H55BrO2. The van der Waals surface area contributed by atoms with Crippen molar-refractivity contribution in [2.75, 3.05) is 0 Å². The number of alkyl halides is 1. The van der Waals surface area contributed by atoms with Gasteiger partial charge in [0.05, 0.1) is 0 Å². The fourth-order valence-corrected chi connectivity index (χ4v) is 9.92. The second kappa shape index (κ2) is 11.8. The summed E-state index contributed by atoms with van der Waals surface area (Å²) in [6.07, 6.45) is 20.2. The van der Waals surface area contributed by atoms with Crippen LogP contribution in [0.2, 0.25) is 0 Å². The molecule has 4 aliphatic carbocycles. The van der Waals surface area contributed by atoms with Gasteiger partial charge in [0.15, 0.2) is 0 Å². The van der Waals surface area contributed by atoms with E-state index in [1.165, 1.54) is 57.8 Å². The molecule has 0 spiro atoms. The maximum atomic E-state index is 12.6. The van der Waals surface area contributed by atoms with Crippen molar-refractivity contribution in [1.29, 1.82) is 0 Å². The van der Waals surface area contributed by atoms with Crippen molar-refractivity contribution in [2.24, 2.45) is 46.3 Å². The Morgan fingerprint density at radius 2 is 1.81 bits per heavy atom. The van der Waals surface area contributed by atoms with E-state index in [-0.39, 0.29) is 16.9 Å². The number of allylic oxidation sites excluding steroid dienone is 1. The summed E-state index contributed by atoms with van der Waals surface area (Å²) in [4.78, 5) is 12.5. The molecule has 3 fully saturated rings. The largest absolute Gasteiger partial charge is 0.461 e. The first kappa shape index (κ1) is 28.7. The predicted octanol–water partition coefficient (Wildman–Crippen LogP) is 9.89. The summed E-state index contributed by atoms with van der Waals surface area (Å²) < 4.78 is 6.03. The minimum absolute atomic E-state index is 0.0423. The molecule has 0 heterocycles. The normalized spacial score (nSPS) is 39.6. The number of fused-ring (bicyclic) bond motifs is 5. The number of esters is 1. The SMILES string of the molecule is CCCC[C@H](Br)C(=O)O[C@H]1CC[C@@]2(C)C(=CC[C@@H]3[C@H]4CC[C@@H]([C@H](C)CCCC(C)C)[C@@]4(C)CC[C@H]32)C1. The van der Waals surface area contributed by atoms with E-state index in [0.717, 1.165) is 67.6 Å². The molecule has 206 valence electrons. The molecule has 0 aromatic rings. The summed E-state index contributed by atoms with van der Waals surface area (Å²) in [5.41, 5.74) is 2.49. The van der Waals surface area contributed by atoms with Crippen molar-refractivity contribution in [3.8, 4) is 0 Å². The van der Waals surface area contributed by atoms with E-state index in [2.05, 4.69) is 63.5 Å². The van der Waals surface area contributed by atoms with Crippen molar-refractivity contribution in [2.45, 2.75) is 142 Å². The van der Waals surface area contributed by atoms with E-state index in [1.54, 1.807) is 5.57 Å². The highest BCUT2D eigenvalue weighted by molar-refractivity contribution is 9.10. The summed E-state index contributed by atoms with van der Waals surface area (Å²) in [5, 5.41) is 0. The standard InChI is InChI=1S/C33H55BrO2/c1-7-8-12-30(34)31(35)36-25-17-19-32(5)24(21-25)13-14-26-28-16-15-27(23(4)11-9-10-22(2)3)33(28,6)20-18-29(26)32/h13,22-23,25-30H,7-12,14-21H2,1-6H3/t23-,25+,26-,27+,28-,29-,30+,32+,33-/m1/s1. The molecule has 0 bridgehead atoms. The molecule has 36 heavy (non-hydrogen) atoms. The maximum absolute atomic E-state index is 12.6. The molecule has 4 rings (SSSR count). The van der Waals surface area contributed by atoms with Crippen LogP contribution in [-0.4, -0.2) is 16.9 Å². The Morgan fingerprint density at radius 3 is 2.53 bits per heavy atom. The number of rotatable bonds is 10. The fourth-order valence-electron chi connectivity index (χ4n) is 9.49. The van der Waals surface area contributed by atoms with Crippen LogP contribution in [0.1, 0.15) is 131 Å². The molecule has 3 heteroatoms. The van der Waals surface area contributed by atoms with E-state index in [1.807, 2.05) is 0 Å². The van der Waals surface area contributed by atoms with Gasteiger partial charge in [0.2, 0.25) is 0 Å². The Kier molecular flexibility index (Phi) is 9.43. The molecule has 0 aromatic heterocycles. The van der Waals surface area contributed by atoms with Crippen molar-refractivity contribution in [1.82, 2.24) is 0 Å². The lowest BCUT2D eigenvalue weighted by atomic mass is 9.47. The molecule has 0 aromatic carbocycles. The van der Waals surface area contributed by atoms with Crippen LogP contribution in [0.3, 0.4) is 0 Å². The Balaban J connectivity index is 1.40. The Morgan fingerprint density at radius 1 is 1.03 bits per heavy atom. The van der Waals surface area contributed by atoms with Crippen LogP contribution in [0, 0.1) is 46.3 Å². The zero-order valence-electron chi connectivity index (χ0n) is 24.3. The quantitative estimate of drug-likeness (QED) is 0.150. The molecule has 4 aliphatic rings. The van der Waals surface area contributed by atoms with Gasteiger partial charge < -0.3 is 4.74 Å². The Bertz CT molecular complexity index is 789. The van der Waals surface area contributed by atoms with Crippen LogP contribution >= 0.6 is 15.9 Å². The van der Waals surface area contributed by atoms with E-state index < -0.39 is 0 Å². The van der Waals surface area contributed by atoms with Crippen LogP contribution in [0.4, 0.5) is 0 Å². The number of carbonyl (C=O) groups excluding carboxylic acids is 1. The first-order valence-corrected chi connectivity index (χ1v) is 16.6. The first-order chi connectivity index (χ1) is 17.1. The topological polar surface area (TPSA) is 26.3 Å². The molecule has 0 amide bonds. The van der Waals surface area contributed by atoms with Crippen molar-refractivity contribution in [3.05, 3.63) is 11.6 Å². The van der Waals surface area contributed by atoms with Gasteiger partial charge in [-0.2, -0.15) is 0 Å². The predicted molar refractivity (Wildman–Crippen MR) is 155 cm³/mol. The first-order valence-electron chi connectivity index (χ1n) is 15.6. The minimum atomic E-state index is -0.144. The molecule has 2 nitrogen and oxygen atoms in total. The number of hydrogen-bond donors (Lipinski definition) is 0. The molecule has 0 unspecified atom stereocenters. The van der Waals surface area contributed by atoms with Crippen molar-refractivity contribution >= 4 is 21.9 Å². The number of halogens is 1. The molecule has 0 aliphatic heterocycles. The van der Waals surface area contributed by atoms with Crippen molar-refractivity contribution < 1.29 is 9.53 Å². The van der Waals surface area contributed by atoms with Gasteiger partial charge in [-0.1, -0.05) is 101 Å². The molecular weight excluding hydrogens is 508 g/mol. The van der Waals surface area contributed by atoms with Gasteiger partial charge in [-0.05, 0) is 97.7 Å². The lowest BCUT2D eigenvalue weighted by Crippen LogP contribution is -2.51. The molecule has 3 saturated carbocycles. The zero-order chi connectivity index (χ0) is 26.1. The monoisotopic (exact) mass is 562 g/mol. The third-order valence-corrected chi connectivity index (χ3v) is 12.4. The van der Waals surface area contributed by atoms with Gasteiger partial charge in [-0.25, -0.2) is 0 Å². The fraction of sp³-hybridized carbons (Fsp3) is 0.909. The highest BCUT2D eigenvalue weighted by atomic mass is 79.9. The summed E-state index contributed by atoms with van der Waals surface area (Å²) in [7, 11) is 0. The zero-order valence-corrected chi connectivity index (χ0v) is 25.9. The minimum Gasteiger partial charge on any atom is -0.461 e. The van der Waals surface area contributed by atoms with Gasteiger partial charge in [0, 0.05) is 6.42 Å². The van der Waals surface area contributed by atoms with E-state index in [0.29, 0.717) is 10.8 Å². The average Bonchev–Trinajstić information content (AvgIpc) is 3.19. The average molecular weight is 564 g/mol. The lowest BCUT2D eigenvalue weighted by Gasteiger charge is -2.58. The number of ether oxygens (including phenoxy) is 1. The number of unbranched alkanes of at least 4 members (excludes halogenated alkanes) is 1. The smallest absolute Gasteiger partial charge is 0.320 e. The second-order valence-electron chi connectivity index (χ2n) is 14.2. The van der Waals surface area contributed by atoms with E-state index >= 15 is 0 Å².